The van der Waals surface area contributed by atoms with Crippen LogP contribution < -0.4 is 4.90 Å². The third kappa shape index (κ3) is 2.48. The molecule has 18 heavy (non-hydrogen) atoms. The first-order chi connectivity index (χ1) is 8.72. The first-order valence-electron chi connectivity index (χ1n) is 5.63. The van der Waals surface area contributed by atoms with Gasteiger partial charge in [-0.3, -0.25) is 4.79 Å². The molecular formula is C14H14N2O2. The molecule has 0 saturated carbocycles. The molecule has 0 aliphatic rings. The van der Waals surface area contributed by atoms with Gasteiger partial charge in [0, 0.05) is 18.3 Å². The van der Waals surface area contributed by atoms with Gasteiger partial charge in [0.2, 0.25) is 5.76 Å². The molecule has 0 aliphatic heterocycles. The Bertz CT molecular complexity index is 546. The van der Waals surface area contributed by atoms with Gasteiger partial charge in [-0.05, 0) is 19.1 Å². The third-order valence-electron chi connectivity index (χ3n) is 2.46. The summed E-state index contributed by atoms with van der Waals surface area (Å²) in [6, 6.07) is 11.0. The van der Waals surface area contributed by atoms with Gasteiger partial charge in [-0.15, -0.1) is 6.58 Å². The lowest BCUT2D eigenvalue weighted by molar-refractivity contribution is 0.0954. The van der Waals surface area contributed by atoms with Crippen LogP contribution in [0.4, 0.5) is 5.69 Å². The average molecular weight is 242 g/mol. The minimum Gasteiger partial charge on any atom is -0.351 e. The van der Waals surface area contributed by atoms with E-state index < -0.39 is 0 Å². The van der Waals surface area contributed by atoms with Crippen molar-refractivity contribution in [1.82, 2.24) is 5.16 Å². The number of rotatable bonds is 4. The van der Waals surface area contributed by atoms with Gasteiger partial charge in [0.05, 0.1) is 5.69 Å². The second-order valence-electron chi connectivity index (χ2n) is 3.87. The first kappa shape index (κ1) is 12.1. The molecule has 0 bridgehead atoms. The lowest BCUT2D eigenvalue weighted by Gasteiger charge is -2.19. The summed E-state index contributed by atoms with van der Waals surface area (Å²) in [6.45, 7) is 5.86. The van der Waals surface area contributed by atoms with Crippen LogP contribution in [-0.4, -0.2) is 17.6 Å². The fourth-order valence-electron chi connectivity index (χ4n) is 1.64. The summed E-state index contributed by atoms with van der Waals surface area (Å²) in [5, 5.41) is 3.73. The molecule has 92 valence electrons. The molecule has 4 heteroatoms. The van der Waals surface area contributed by atoms with E-state index >= 15 is 0 Å². The highest BCUT2D eigenvalue weighted by Crippen LogP contribution is 2.17. The van der Waals surface area contributed by atoms with Gasteiger partial charge in [0.15, 0.2) is 0 Å². The Morgan fingerprint density at radius 2 is 2.17 bits per heavy atom. The van der Waals surface area contributed by atoms with E-state index in [0.717, 1.165) is 5.69 Å². The highest BCUT2D eigenvalue weighted by Gasteiger charge is 2.20. The summed E-state index contributed by atoms with van der Waals surface area (Å²) < 4.78 is 5.00. The Balaban J connectivity index is 2.31. The van der Waals surface area contributed by atoms with Crippen LogP contribution in [-0.2, 0) is 0 Å². The van der Waals surface area contributed by atoms with Crippen molar-refractivity contribution in [2.45, 2.75) is 6.92 Å². The van der Waals surface area contributed by atoms with Gasteiger partial charge in [-0.1, -0.05) is 29.4 Å². The predicted molar refractivity (Wildman–Crippen MR) is 69.6 cm³/mol. The molecule has 1 heterocycles. The van der Waals surface area contributed by atoms with E-state index in [0.29, 0.717) is 12.2 Å². The number of aromatic nitrogens is 1. The SMILES string of the molecule is C=CCN(C(=O)c1cc(C)no1)c1ccccc1. The molecule has 1 aromatic carbocycles. The number of para-hydroxylation sites is 1. The van der Waals surface area contributed by atoms with Crippen molar-refractivity contribution in [2.24, 2.45) is 0 Å². The summed E-state index contributed by atoms with van der Waals surface area (Å²) >= 11 is 0. The van der Waals surface area contributed by atoms with E-state index in [2.05, 4.69) is 11.7 Å². The van der Waals surface area contributed by atoms with Gasteiger partial charge in [-0.25, -0.2) is 0 Å². The second kappa shape index (κ2) is 5.31. The van der Waals surface area contributed by atoms with Crippen LogP contribution in [0.2, 0.25) is 0 Å². The average Bonchev–Trinajstić information content (AvgIpc) is 2.83. The van der Waals surface area contributed by atoms with Crippen LogP contribution in [0, 0.1) is 6.92 Å². The number of carbonyl (C=O) groups is 1. The molecule has 2 rings (SSSR count). The lowest BCUT2D eigenvalue weighted by atomic mass is 10.2. The lowest BCUT2D eigenvalue weighted by Crippen LogP contribution is -2.30. The van der Waals surface area contributed by atoms with Crippen LogP contribution in [0.25, 0.3) is 0 Å². The fourth-order valence-corrected chi connectivity index (χ4v) is 1.64. The number of anilines is 1. The molecule has 2 aromatic rings. The Morgan fingerprint density at radius 1 is 1.44 bits per heavy atom. The smallest absolute Gasteiger partial charge is 0.297 e. The largest absolute Gasteiger partial charge is 0.351 e. The van der Waals surface area contributed by atoms with Crippen molar-refractivity contribution in [3.05, 3.63) is 60.5 Å². The topological polar surface area (TPSA) is 46.3 Å². The van der Waals surface area contributed by atoms with Crippen molar-refractivity contribution >= 4 is 11.6 Å². The zero-order chi connectivity index (χ0) is 13.0. The van der Waals surface area contributed by atoms with Crippen molar-refractivity contribution < 1.29 is 9.32 Å². The zero-order valence-corrected chi connectivity index (χ0v) is 10.2. The van der Waals surface area contributed by atoms with Crippen LogP contribution in [0.5, 0.6) is 0 Å². The van der Waals surface area contributed by atoms with Crippen LogP contribution in [0.15, 0.2) is 53.6 Å². The summed E-state index contributed by atoms with van der Waals surface area (Å²) in [7, 11) is 0. The van der Waals surface area contributed by atoms with Crippen molar-refractivity contribution in [3.8, 4) is 0 Å². The number of nitrogens with zero attached hydrogens (tertiary/aromatic N) is 2. The molecule has 4 nitrogen and oxygen atoms in total. The van der Waals surface area contributed by atoms with E-state index in [1.54, 1.807) is 24.0 Å². The molecule has 0 radical (unpaired) electrons. The third-order valence-corrected chi connectivity index (χ3v) is 2.46. The molecule has 1 aromatic heterocycles. The molecular weight excluding hydrogens is 228 g/mol. The maximum Gasteiger partial charge on any atom is 0.297 e. The van der Waals surface area contributed by atoms with E-state index in [1.807, 2.05) is 30.3 Å². The van der Waals surface area contributed by atoms with Crippen molar-refractivity contribution in [1.29, 1.82) is 0 Å². The standard InChI is InChI=1S/C14H14N2O2/c1-3-9-16(12-7-5-4-6-8-12)14(17)13-10-11(2)15-18-13/h3-8,10H,1,9H2,2H3. The number of aryl methyl sites for hydroxylation is 1. The molecule has 0 N–H and O–H groups in total. The first-order valence-corrected chi connectivity index (χ1v) is 5.63. The Morgan fingerprint density at radius 3 is 2.72 bits per heavy atom. The Hall–Kier alpha value is -2.36. The number of hydrogen-bond donors (Lipinski definition) is 0. The number of benzene rings is 1. The monoisotopic (exact) mass is 242 g/mol. The minimum absolute atomic E-state index is 0.221. The molecule has 0 fully saturated rings. The molecule has 0 saturated heterocycles. The minimum atomic E-state index is -0.221. The van der Waals surface area contributed by atoms with Crippen LogP contribution >= 0.6 is 0 Å². The highest BCUT2D eigenvalue weighted by molar-refractivity contribution is 6.04. The molecule has 0 unspecified atom stereocenters. The van der Waals surface area contributed by atoms with Gasteiger partial charge >= 0.3 is 0 Å². The molecule has 1 amide bonds. The molecule has 0 atom stereocenters. The maximum absolute atomic E-state index is 12.3. The van der Waals surface area contributed by atoms with Gasteiger partial charge in [0.1, 0.15) is 0 Å². The zero-order valence-electron chi connectivity index (χ0n) is 10.2. The normalized spacial score (nSPS) is 10.1. The van der Waals surface area contributed by atoms with E-state index in [-0.39, 0.29) is 11.7 Å². The maximum atomic E-state index is 12.3. The van der Waals surface area contributed by atoms with Gasteiger partial charge in [-0.2, -0.15) is 0 Å². The predicted octanol–water partition coefficient (Wildman–Crippen LogP) is 2.82. The van der Waals surface area contributed by atoms with Crippen LogP contribution in [0.1, 0.15) is 16.2 Å². The summed E-state index contributed by atoms with van der Waals surface area (Å²) in [5.41, 5.74) is 1.49. The van der Waals surface area contributed by atoms with E-state index in [1.165, 1.54) is 0 Å². The van der Waals surface area contributed by atoms with E-state index in [4.69, 9.17) is 4.52 Å². The van der Waals surface area contributed by atoms with E-state index in [9.17, 15) is 4.79 Å². The van der Waals surface area contributed by atoms with Gasteiger partial charge < -0.3 is 9.42 Å². The summed E-state index contributed by atoms with van der Waals surface area (Å²) in [4.78, 5) is 13.9. The summed E-state index contributed by atoms with van der Waals surface area (Å²) in [5.74, 6) is 0.0138. The quantitative estimate of drug-likeness (QED) is 0.774. The number of carbonyl (C=O) groups excluding carboxylic acids is 1. The fraction of sp³-hybridized carbons (Fsp3) is 0.143. The van der Waals surface area contributed by atoms with Crippen molar-refractivity contribution in [2.75, 3.05) is 11.4 Å². The number of amides is 1. The van der Waals surface area contributed by atoms with Crippen molar-refractivity contribution in [3.63, 3.8) is 0 Å². The summed E-state index contributed by atoms with van der Waals surface area (Å²) in [6.07, 6.45) is 1.67. The second-order valence-corrected chi connectivity index (χ2v) is 3.87. The molecule has 0 aliphatic carbocycles. The van der Waals surface area contributed by atoms with Crippen LogP contribution in [0.3, 0.4) is 0 Å². The number of hydrogen-bond acceptors (Lipinski definition) is 3. The molecule has 0 spiro atoms. The van der Waals surface area contributed by atoms with Gasteiger partial charge in [0.25, 0.3) is 5.91 Å². The Kier molecular flexibility index (Phi) is 3.57. The highest BCUT2D eigenvalue weighted by atomic mass is 16.5. The Labute approximate surface area is 106 Å².